The molecule has 5 aromatic rings. The van der Waals surface area contributed by atoms with Gasteiger partial charge in [0.1, 0.15) is 17.4 Å². The van der Waals surface area contributed by atoms with Gasteiger partial charge in [0.05, 0.1) is 29.2 Å². The summed E-state index contributed by atoms with van der Waals surface area (Å²) in [6, 6.07) is 15.4. The van der Waals surface area contributed by atoms with Crippen molar-refractivity contribution in [2.24, 2.45) is 10.2 Å². The second-order valence-corrected chi connectivity index (χ2v) is 9.04. The summed E-state index contributed by atoms with van der Waals surface area (Å²) in [5, 5.41) is 15.6. The Balaban J connectivity index is 1.47. The van der Waals surface area contributed by atoms with Crippen molar-refractivity contribution in [3.63, 3.8) is 0 Å². The monoisotopic (exact) mass is 517 g/mol. The molecular weight excluding hydrogens is 494 g/mol. The maximum atomic E-state index is 14.1. The van der Waals surface area contributed by atoms with E-state index >= 15 is 0 Å². The Kier molecular flexibility index (Phi) is 6.05. The van der Waals surface area contributed by atoms with Gasteiger partial charge in [-0.2, -0.15) is 10.2 Å². The van der Waals surface area contributed by atoms with Crippen molar-refractivity contribution >= 4 is 28.3 Å². The first kappa shape index (κ1) is 24.0. The molecule has 11 heteroatoms. The molecule has 0 radical (unpaired) electrons. The summed E-state index contributed by atoms with van der Waals surface area (Å²) < 4.78 is 2.95. The molecule has 2 aromatic carbocycles. The maximum Gasteiger partial charge on any atom is 0.267 e. The van der Waals surface area contributed by atoms with Crippen molar-refractivity contribution in [3.05, 3.63) is 94.3 Å². The number of fused-ring (bicyclic) bond motifs is 2. The van der Waals surface area contributed by atoms with Crippen LogP contribution in [0.25, 0.3) is 22.2 Å². The van der Waals surface area contributed by atoms with E-state index in [-0.39, 0.29) is 23.0 Å². The Bertz CT molecular complexity index is 1880. The predicted octanol–water partition coefficient (Wildman–Crippen LogP) is 3.08. The lowest BCUT2D eigenvalue weighted by Crippen LogP contribution is -2.33. The highest BCUT2D eigenvalue weighted by Gasteiger charge is 2.25. The fourth-order valence-corrected chi connectivity index (χ4v) is 4.58. The molecule has 1 aliphatic heterocycles. The molecule has 0 spiro atoms. The first-order chi connectivity index (χ1) is 19.0. The molecule has 0 fully saturated rings. The van der Waals surface area contributed by atoms with Crippen LogP contribution in [-0.2, 0) is 0 Å². The van der Waals surface area contributed by atoms with Crippen LogP contribution in [0.2, 0.25) is 0 Å². The van der Waals surface area contributed by atoms with E-state index in [1.165, 1.54) is 9.08 Å². The number of aromatic nitrogens is 5. The van der Waals surface area contributed by atoms with Gasteiger partial charge >= 0.3 is 0 Å². The highest BCUT2D eigenvalue weighted by molar-refractivity contribution is 6.04. The van der Waals surface area contributed by atoms with Crippen LogP contribution in [-0.4, -0.2) is 42.6 Å². The van der Waals surface area contributed by atoms with E-state index in [0.29, 0.717) is 40.2 Å². The SMILES string of the molecule is CC(NC(=O)c1c(N)nn2cccnc12)c1nc2cccc(C#CC3CCN=N3)c2c(=O)n1-c1ccccc1. The molecule has 11 nitrogen and oxygen atoms in total. The Morgan fingerprint density at radius 2 is 2.00 bits per heavy atom. The predicted molar refractivity (Wildman–Crippen MR) is 146 cm³/mol. The van der Waals surface area contributed by atoms with E-state index < -0.39 is 11.9 Å². The molecule has 2 atom stereocenters. The van der Waals surface area contributed by atoms with Crippen molar-refractivity contribution in [2.45, 2.75) is 25.4 Å². The topological polar surface area (TPSA) is 145 Å². The van der Waals surface area contributed by atoms with E-state index in [1.54, 1.807) is 43.6 Å². The molecule has 6 rings (SSSR count). The van der Waals surface area contributed by atoms with E-state index in [1.807, 2.05) is 30.3 Å². The number of nitrogens with two attached hydrogens (primary N) is 1. The van der Waals surface area contributed by atoms with Crippen LogP contribution in [0.5, 0.6) is 0 Å². The van der Waals surface area contributed by atoms with Gasteiger partial charge < -0.3 is 11.1 Å². The number of azo groups is 1. The molecule has 2 unspecified atom stereocenters. The highest BCUT2D eigenvalue weighted by Crippen LogP contribution is 2.22. The van der Waals surface area contributed by atoms with Gasteiger partial charge in [-0.25, -0.2) is 14.5 Å². The van der Waals surface area contributed by atoms with Crippen LogP contribution < -0.4 is 16.6 Å². The number of nitrogens with zero attached hydrogens (tertiary/aromatic N) is 7. The van der Waals surface area contributed by atoms with Crippen LogP contribution in [0.1, 0.15) is 41.1 Å². The van der Waals surface area contributed by atoms with Gasteiger partial charge in [0.15, 0.2) is 11.5 Å². The molecular formula is C28H23N9O2. The number of nitrogen functional groups attached to an aromatic ring is 1. The van der Waals surface area contributed by atoms with E-state index in [9.17, 15) is 9.59 Å². The summed E-state index contributed by atoms with van der Waals surface area (Å²) in [7, 11) is 0. The van der Waals surface area contributed by atoms with Crippen molar-refractivity contribution in [1.29, 1.82) is 0 Å². The maximum absolute atomic E-state index is 14.1. The number of amides is 1. The van der Waals surface area contributed by atoms with Crippen LogP contribution in [0.3, 0.4) is 0 Å². The average molecular weight is 518 g/mol. The lowest BCUT2D eigenvalue weighted by molar-refractivity contribution is 0.0940. The van der Waals surface area contributed by atoms with Gasteiger partial charge in [-0.05, 0) is 37.3 Å². The first-order valence-corrected chi connectivity index (χ1v) is 12.4. The molecule has 0 saturated carbocycles. The number of nitrogens with one attached hydrogen (secondary N) is 1. The fraction of sp³-hybridized carbons (Fsp3) is 0.179. The lowest BCUT2D eigenvalue weighted by Gasteiger charge is -2.20. The molecule has 0 aliphatic carbocycles. The zero-order valence-corrected chi connectivity index (χ0v) is 20.9. The minimum atomic E-state index is -0.679. The van der Waals surface area contributed by atoms with Crippen molar-refractivity contribution in [2.75, 3.05) is 12.3 Å². The van der Waals surface area contributed by atoms with Gasteiger partial charge in [-0.15, -0.1) is 5.10 Å². The van der Waals surface area contributed by atoms with E-state index in [4.69, 9.17) is 10.7 Å². The summed E-state index contributed by atoms with van der Waals surface area (Å²) in [5.41, 5.74) is 7.88. The van der Waals surface area contributed by atoms with Gasteiger partial charge in [0, 0.05) is 24.4 Å². The largest absolute Gasteiger partial charge is 0.381 e. The molecule has 0 bridgehead atoms. The van der Waals surface area contributed by atoms with Gasteiger partial charge in [0.25, 0.3) is 11.5 Å². The fourth-order valence-electron chi connectivity index (χ4n) is 4.58. The number of benzene rings is 2. The summed E-state index contributed by atoms with van der Waals surface area (Å²) in [6.07, 6.45) is 3.98. The van der Waals surface area contributed by atoms with E-state index in [0.717, 1.165) is 6.42 Å². The third kappa shape index (κ3) is 4.38. The number of anilines is 1. The van der Waals surface area contributed by atoms with Crippen LogP contribution in [0, 0.1) is 11.8 Å². The average Bonchev–Trinajstić information content (AvgIpc) is 3.59. The standard InChI is InChI=1S/C28H23N9O2/c1-17(32-27(38)23-24(29)35-36-16-6-14-30-26(23)36)25-33-21-10-5-7-18(11-12-19-13-15-31-34-19)22(21)28(39)37(25)20-8-3-2-4-9-20/h2-10,14,16-17,19H,13,15H2,1H3,(H2,29,35)(H,32,38). The number of para-hydroxylation sites is 1. The number of carbonyl (C=O) groups is 1. The number of hydrogen-bond donors (Lipinski definition) is 2. The molecule has 4 heterocycles. The Morgan fingerprint density at radius 3 is 2.79 bits per heavy atom. The minimum absolute atomic E-state index is 0.0512. The molecule has 3 N–H and O–H groups in total. The molecule has 39 heavy (non-hydrogen) atoms. The van der Waals surface area contributed by atoms with Gasteiger partial charge in [-0.1, -0.05) is 36.1 Å². The zero-order chi connectivity index (χ0) is 26.9. The normalized spacial score (nSPS) is 15.3. The Labute approximate surface area is 222 Å². The third-order valence-electron chi connectivity index (χ3n) is 6.42. The van der Waals surface area contributed by atoms with Crippen molar-refractivity contribution in [3.8, 4) is 17.5 Å². The number of rotatable bonds is 4. The number of hydrogen-bond acceptors (Lipinski definition) is 8. The molecule has 1 aliphatic rings. The highest BCUT2D eigenvalue weighted by atomic mass is 16.2. The van der Waals surface area contributed by atoms with Gasteiger partial charge in [-0.3, -0.25) is 14.2 Å². The molecule has 1 amide bonds. The summed E-state index contributed by atoms with van der Waals surface area (Å²) >= 11 is 0. The summed E-state index contributed by atoms with van der Waals surface area (Å²) in [4.78, 5) is 36.5. The summed E-state index contributed by atoms with van der Waals surface area (Å²) in [5.74, 6) is 6.15. The quantitative estimate of drug-likeness (QED) is 0.351. The molecule has 0 saturated heterocycles. The lowest BCUT2D eigenvalue weighted by atomic mass is 10.1. The first-order valence-electron chi connectivity index (χ1n) is 12.4. The smallest absolute Gasteiger partial charge is 0.267 e. The second-order valence-electron chi connectivity index (χ2n) is 9.04. The van der Waals surface area contributed by atoms with Crippen molar-refractivity contribution < 1.29 is 4.79 Å². The third-order valence-corrected chi connectivity index (χ3v) is 6.42. The zero-order valence-electron chi connectivity index (χ0n) is 20.9. The van der Waals surface area contributed by atoms with E-state index in [2.05, 4.69) is 37.5 Å². The summed E-state index contributed by atoms with van der Waals surface area (Å²) in [6.45, 7) is 2.41. The molecule has 192 valence electrons. The Morgan fingerprint density at radius 1 is 1.15 bits per heavy atom. The van der Waals surface area contributed by atoms with Crippen LogP contribution >= 0.6 is 0 Å². The number of carbonyl (C=O) groups excluding carboxylic acids is 1. The van der Waals surface area contributed by atoms with Crippen molar-refractivity contribution in [1.82, 2.24) is 29.5 Å². The molecule has 3 aromatic heterocycles. The minimum Gasteiger partial charge on any atom is -0.381 e. The van der Waals surface area contributed by atoms with Crippen LogP contribution in [0.15, 0.2) is 82.0 Å². The van der Waals surface area contributed by atoms with Crippen LogP contribution in [0.4, 0.5) is 5.82 Å². The Hall–Kier alpha value is -5.37. The van der Waals surface area contributed by atoms with Gasteiger partial charge in [0.2, 0.25) is 0 Å². The second kappa shape index (κ2) is 9.83.